The van der Waals surface area contributed by atoms with E-state index in [9.17, 15) is 19.2 Å². The molecule has 5 aliphatic heterocycles. The summed E-state index contributed by atoms with van der Waals surface area (Å²) in [6.07, 6.45) is 1.43. The number of piperazine rings is 1. The van der Waals surface area contributed by atoms with Crippen LogP contribution in [0.15, 0.2) is 18.2 Å². The van der Waals surface area contributed by atoms with Crippen LogP contribution in [0.4, 0.5) is 5.69 Å². The third kappa shape index (κ3) is 2.90. The lowest BCUT2D eigenvalue weighted by Gasteiger charge is -2.39. The summed E-state index contributed by atoms with van der Waals surface area (Å²) in [5.74, 6) is -1.09. The maximum Gasteiger partial charge on any atom is 0.262 e. The van der Waals surface area contributed by atoms with Gasteiger partial charge >= 0.3 is 0 Å². The summed E-state index contributed by atoms with van der Waals surface area (Å²) in [5, 5.41) is 5.57. The number of nitrogens with zero attached hydrogens (tertiary/aromatic N) is 3. The molecule has 31 heavy (non-hydrogen) atoms. The van der Waals surface area contributed by atoms with Crippen LogP contribution in [0.25, 0.3) is 0 Å². The normalized spacial score (nSPS) is 30.8. The third-order valence-corrected chi connectivity index (χ3v) is 7.47. The average molecular weight is 423 g/mol. The second-order valence-electron chi connectivity index (χ2n) is 9.35. The molecule has 5 aliphatic rings. The van der Waals surface area contributed by atoms with Gasteiger partial charge < -0.3 is 10.2 Å². The van der Waals surface area contributed by atoms with Crippen LogP contribution in [-0.4, -0.2) is 84.3 Å². The molecule has 3 atom stereocenters. The summed E-state index contributed by atoms with van der Waals surface area (Å²) in [4.78, 5) is 55.6. The molecule has 162 valence electrons. The topological polar surface area (TPSA) is 102 Å². The first-order valence-electron chi connectivity index (χ1n) is 11.1. The van der Waals surface area contributed by atoms with Gasteiger partial charge in [0, 0.05) is 56.9 Å². The molecule has 0 aromatic heterocycles. The van der Waals surface area contributed by atoms with Gasteiger partial charge in [-0.05, 0) is 37.0 Å². The Morgan fingerprint density at radius 3 is 2.45 bits per heavy atom. The fraction of sp³-hybridized carbons (Fsp3) is 0.545. The summed E-state index contributed by atoms with van der Waals surface area (Å²) in [5.41, 5.74) is 1.65. The first-order chi connectivity index (χ1) is 15.0. The zero-order valence-electron chi connectivity index (χ0n) is 17.2. The number of amides is 4. The number of hydrogen-bond acceptors (Lipinski definition) is 7. The highest BCUT2D eigenvalue weighted by Crippen LogP contribution is 2.37. The van der Waals surface area contributed by atoms with E-state index < -0.39 is 23.8 Å². The number of hydrogen-bond donors (Lipinski definition) is 2. The van der Waals surface area contributed by atoms with Crippen molar-refractivity contribution in [3.8, 4) is 0 Å². The molecule has 4 fully saturated rings. The fourth-order valence-corrected chi connectivity index (χ4v) is 5.74. The summed E-state index contributed by atoms with van der Waals surface area (Å²) < 4.78 is 0. The first-order valence-corrected chi connectivity index (χ1v) is 11.1. The summed E-state index contributed by atoms with van der Waals surface area (Å²) in [7, 11) is 0. The molecule has 0 radical (unpaired) electrons. The van der Waals surface area contributed by atoms with Crippen LogP contribution in [0, 0.1) is 5.92 Å². The highest BCUT2D eigenvalue weighted by Gasteiger charge is 2.47. The molecule has 1 aromatic carbocycles. The number of anilines is 1. The van der Waals surface area contributed by atoms with E-state index in [1.807, 2.05) is 12.1 Å². The third-order valence-electron chi connectivity index (χ3n) is 7.47. The molecule has 4 amide bonds. The minimum atomic E-state index is -0.925. The van der Waals surface area contributed by atoms with E-state index in [1.54, 1.807) is 6.07 Å². The van der Waals surface area contributed by atoms with E-state index >= 15 is 0 Å². The van der Waals surface area contributed by atoms with Gasteiger partial charge in [-0.25, -0.2) is 0 Å². The standard InChI is InChI=1S/C22H25N5O4/c28-19-4-3-18(20(29)24-19)27-21(30)16-2-1-13(6-17(16)22(27)31)26-11-14-5-15(26)10-25(14)9-12-7-23-8-12/h1-2,6,12,14-15,18,23H,3-5,7-11H2,(H,24,28,29)/t14-,15-,18?/m0/s1. The monoisotopic (exact) mass is 423 g/mol. The fourth-order valence-electron chi connectivity index (χ4n) is 5.74. The Labute approximate surface area is 179 Å². The molecule has 2 N–H and O–H groups in total. The summed E-state index contributed by atoms with van der Waals surface area (Å²) in [6.45, 7) is 5.35. The van der Waals surface area contributed by atoms with E-state index in [0.29, 0.717) is 23.2 Å². The lowest BCUT2D eigenvalue weighted by atomic mass is 10.0. The SMILES string of the molecule is O=C1CCC(N2C(=O)c3ccc(N4C[C@@H]5C[C@H]4CN5CC4CNC4)cc3C2=O)C(=O)N1. The largest absolute Gasteiger partial charge is 0.366 e. The summed E-state index contributed by atoms with van der Waals surface area (Å²) >= 11 is 0. The lowest BCUT2D eigenvalue weighted by molar-refractivity contribution is -0.136. The van der Waals surface area contributed by atoms with E-state index in [1.165, 1.54) is 0 Å². The Balaban J connectivity index is 1.20. The molecule has 9 nitrogen and oxygen atoms in total. The molecule has 5 heterocycles. The van der Waals surface area contributed by atoms with Gasteiger partial charge in [0.25, 0.3) is 11.8 Å². The van der Waals surface area contributed by atoms with Gasteiger partial charge in [-0.2, -0.15) is 0 Å². The zero-order valence-corrected chi connectivity index (χ0v) is 17.2. The van der Waals surface area contributed by atoms with Crippen molar-refractivity contribution in [3.05, 3.63) is 29.3 Å². The lowest BCUT2D eigenvalue weighted by Crippen LogP contribution is -2.54. The number of nitrogens with one attached hydrogen (secondary N) is 2. The molecule has 4 saturated heterocycles. The van der Waals surface area contributed by atoms with Crippen LogP contribution in [0.1, 0.15) is 40.0 Å². The predicted octanol–water partition coefficient (Wildman–Crippen LogP) is -0.430. The van der Waals surface area contributed by atoms with Crippen LogP contribution >= 0.6 is 0 Å². The average Bonchev–Trinajstić information content (AvgIpc) is 3.38. The molecule has 0 aliphatic carbocycles. The smallest absolute Gasteiger partial charge is 0.262 e. The summed E-state index contributed by atoms with van der Waals surface area (Å²) in [6, 6.07) is 5.47. The Bertz CT molecular complexity index is 1010. The van der Waals surface area contributed by atoms with E-state index in [4.69, 9.17) is 0 Å². The highest BCUT2D eigenvalue weighted by atomic mass is 16.2. The van der Waals surface area contributed by atoms with Crippen molar-refractivity contribution >= 4 is 29.3 Å². The minimum absolute atomic E-state index is 0.124. The van der Waals surface area contributed by atoms with Gasteiger partial charge in [0.2, 0.25) is 11.8 Å². The number of carbonyl (C=O) groups excluding carboxylic acids is 4. The van der Waals surface area contributed by atoms with Gasteiger partial charge in [0.15, 0.2) is 0 Å². The van der Waals surface area contributed by atoms with Gasteiger partial charge in [-0.15, -0.1) is 0 Å². The van der Waals surface area contributed by atoms with E-state index in [0.717, 1.165) is 55.6 Å². The van der Waals surface area contributed by atoms with Crippen LogP contribution in [0.2, 0.25) is 0 Å². The molecule has 0 saturated carbocycles. The Morgan fingerprint density at radius 1 is 0.968 bits per heavy atom. The number of piperidine rings is 1. The number of imide groups is 2. The molecular formula is C22H25N5O4. The Kier molecular flexibility index (Phi) is 4.19. The van der Waals surface area contributed by atoms with Crippen molar-refractivity contribution in [2.45, 2.75) is 37.4 Å². The quantitative estimate of drug-likeness (QED) is 0.634. The van der Waals surface area contributed by atoms with Crippen molar-refractivity contribution in [1.29, 1.82) is 0 Å². The van der Waals surface area contributed by atoms with Gasteiger partial charge in [-0.3, -0.25) is 34.3 Å². The zero-order chi connectivity index (χ0) is 21.3. The Hall–Kier alpha value is -2.78. The minimum Gasteiger partial charge on any atom is -0.366 e. The van der Waals surface area contributed by atoms with Crippen molar-refractivity contribution in [1.82, 2.24) is 20.4 Å². The Morgan fingerprint density at radius 2 is 1.77 bits per heavy atom. The number of likely N-dealkylation sites (tertiary alicyclic amines) is 1. The highest BCUT2D eigenvalue weighted by molar-refractivity contribution is 6.23. The number of rotatable bonds is 4. The second kappa shape index (κ2) is 6.86. The van der Waals surface area contributed by atoms with Crippen LogP contribution in [0.5, 0.6) is 0 Å². The van der Waals surface area contributed by atoms with Crippen LogP contribution < -0.4 is 15.5 Å². The number of benzene rings is 1. The predicted molar refractivity (Wildman–Crippen MR) is 111 cm³/mol. The molecule has 6 rings (SSSR count). The first kappa shape index (κ1) is 18.9. The van der Waals surface area contributed by atoms with Crippen molar-refractivity contribution in [2.24, 2.45) is 5.92 Å². The molecule has 1 unspecified atom stereocenters. The maximum absolute atomic E-state index is 13.1. The van der Waals surface area contributed by atoms with Gasteiger partial charge in [0.05, 0.1) is 11.1 Å². The molecular weight excluding hydrogens is 398 g/mol. The van der Waals surface area contributed by atoms with E-state index in [2.05, 4.69) is 20.4 Å². The van der Waals surface area contributed by atoms with Gasteiger partial charge in [0.1, 0.15) is 6.04 Å². The number of carbonyl (C=O) groups is 4. The van der Waals surface area contributed by atoms with Crippen LogP contribution in [-0.2, 0) is 9.59 Å². The van der Waals surface area contributed by atoms with Crippen molar-refractivity contribution < 1.29 is 19.2 Å². The molecule has 2 bridgehead atoms. The maximum atomic E-state index is 13.1. The van der Waals surface area contributed by atoms with E-state index in [-0.39, 0.29) is 18.7 Å². The second-order valence-corrected chi connectivity index (χ2v) is 9.35. The van der Waals surface area contributed by atoms with Gasteiger partial charge in [-0.1, -0.05) is 0 Å². The molecule has 1 aromatic rings. The van der Waals surface area contributed by atoms with Crippen molar-refractivity contribution in [3.63, 3.8) is 0 Å². The number of fused-ring (bicyclic) bond motifs is 3. The van der Waals surface area contributed by atoms with Crippen molar-refractivity contribution in [2.75, 3.05) is 37.6 Å². The van der Waals surface area contributed by atoms with Crippen LogP contribution in [0.3, 0.4) is 0 Å². The molecule has 0 spiro atoms. The molecule has 9 heteroatoms.